The first-order valence-corrected chi connectivity index (χ1v) is 8.39. The highest BCUT2D eigenvalue weighted by molar-refractivity contribution is 7.54. The van der Waals surface area contributed by atoms with Gasteiger partial charge in [-0.25, -0.2) is 0 Å². The zero-order valence-corrected chi connectivity index (χ0v) is 13.7. The minimum absolute atomic E-state index is 0.193. The van der Waals surface area contributed by atoms with Crippen molar-refractivity contribution in [1.29, 1.82) is 0 Å². The lowest BCUT2D eigenvalue weighted by Crippen LogP contribution is -2.15. The summed E-state index contributed by atoms with van der Waals surface area (Å²) in [5, 5.41) is 0.775. The maximum atomic E-state index is 12.6. The maximum absolute atomic E-state index is 12.6. The molecule has 0 amide bonds. The van der Waals surface area contributed by atoms with Gasteiger partial charge in [0.2, 0.25) is 0 Å². The highest BCUT2D eigenvalue weighted by Crippen LogP contribution is 2.59. The summed E-state index contributed by atoms with van der Waals surface area (Å²) in [6, 6.07) is 2.99. The van der Waals surface area contributed by atoms with Crippen LogP contribution in [0, 0.1) is 0 Å². The van der Waals surface area contributed by atoms with Crippen LogP contribution in [0.2, 0.25) is 15.1 Å². The summed E-state index contributed by atoms with van der Waals surface area (Å²) in [7, 11) is -3.52. The molecule has 0 unspecified atom stereocenters. The molecule has 1 aromatic rings. The molecule has 0 fully saturated rings. The zero-order chi connectivity index (χ0) is 14.6. The second-order valence-corrected chi connectivity index (χ2v) is 6.99. The van der Waals surface area contributed by atoms with Crippen molar-refractivity contribution in [1.82, 2.24) is 0 Å². The van der Waals surface area contributed by atoms with Crippen molar-refractivity contribution in [3.63, 3.8) is 0 Å². The van der Waals surface area contributed by atoms with Crippen LogP contribution in [0.1, 0.15) is 25.2 Å². The third-order valence-corrected chi connectivity index (χ3v) is 5.53. The molecule has 4 nitrogen and oxygen atoms in total. The Kier molecular flexibility index (Phi) is 6.61. The third-order valence-electron chi connectivity index (χ3n) is 2.30. The van der Waals surface area contributed by atoms with Crippen molar-refractivity contribution in [2.45, 2.75) is 19.6 Å². The van der Waals surface area contributed by atoms with E-state index in [0.29, 0.717) is 10.6 Å². The molecular formula is C11H15Cl3NO3P. The Labute approximate surface area is 127 Å². The van der Waals surface area contributed by atoms with Crippen LogP contribution in [0.4, 0.5) is 0 Å². The van der Waals surface area contributed by atoms with Gasteiger partial charge < -0.3 is 14.8 Å². The number of hydrogen-bond donors (Lipinski definition) is 1. The molecule has 0 aliphatic heterocycles. The van der Waals surface area contributed by atoms with Gasteiger partial charge in [0.25, 0.3) is 0 Å². The van der Waals surface area contributed by atoms with E-state index in [1.807, 2.05) is 0 Å². The Balaban J connectivity index is 3.24. The topological polar surface area (TPSA) is 61.5 Å². The first-order valence-electron chi connectivity index (χ1n) is 5.64. The van der Waals surface area contributed by atoms with Gasteiger partial charge in [-0.3, -0.25) is 4.57 Å². The molecule has 8 heteroatoms. The van der Waals surface area contributed by atoms with E-state index < -0.39 is 13.4 Å². The summed E-state index contributed by atoms with van der Waals surface area (Å²) < 4.78 is 22.9. The molecule has 0 saturated heterocycles. The molecule has 0 bridgehead atoms. The number of halogens is 3. The maximum Gasteiger partial charge on any atom is 0.351 e. The summed E-state index contributed by atoms with van der Waals surface area (Å²) in [5.74, 6) is -1.05. The highest BCUT2D eigenvalue weighted by atomic mass is 35.5. The lowest BCUT2D eigenvalue weighted by Gasteiger charge is -2.24. The monoisotopic (exact) mass is 345 g/mol. The lowest BCUT2D eigenvalue weighted by atomic mass is 10.2. The predicted molar refractivity (Wildman–Crippen MR) is 79.3 cm³/mol. The van der Waals surface area contributed by atoms with Gasteiger partial charge in [0, 0.05) is 10.6 Å². The molecule has 0 saturated carbocycles. The Morgan fingerprint density at radius 3 is 2.21 bits per heavy atom. The van der Waals surface area contributed by atoms with Gasteiger partial charge in [-0.15, -0.1) is 0 Å². The minimum Gasteiger partial charge on any atom is -0.314 e. The summed E-state index contributed by atoms with van der Waals surface area (Å²) in [4.78, 5) is 0. The van der Waals surface area contributed by atoms with E-state index in [-0.39, 0.29) is 23.3 Å². The van der Waals surface area contributed by atoms with Gasteiger partial charge in [0.15, 0.2) is 0 Å². The van der Waals surface area contributed by atoms with Crippen molar-refractivity contribution in [3.8, 4) is 0 Å². The molecule has 1 rings (SSSR count). The van der Waals surface area contributed by atoms with E-state index in [2.05, 4.69) is 0 Å². The fourth-order valence-corrected chi connectivity index (χ4v) is 3.99. The molecule has 0 heterocycles. The molecule has 0 aliphatic carbocycles. The molecule has 19 heavy (non-hydrogen) atoms. The van der Waals surface area contributed by atoms with Crippen LogP contribution in [-0.2, 0) is 13.6 Å². The van der Waals surface area contributed by atoms with Crippen LogP contribution in [0.25, 0.3) is 0 Å². The average Bonchev–Trinajstić information content (AvgIpc) is 2.33. The average molecular weight is 347 g/mol. The fourth-order valence-electron chi connectivity index (χ4n) is 1.52. The van der Waals surface area contributed by atoms with E-state index in [1.54, 1.807) is 13.8 Å². The van der Waals surface area contributed by atoms with Crippen LogP contribution < -0.4 is 5.73 Å². The van der Waals surface area contributed by atoms with E-state index in [1.165, 1.54) is 12.1 Å². The quantitative estimate of drug-likeness (QED) is 0.589. The van der Waals surface area contributed by atoms with Gasteiger partial charge in [-0.2, -0.15) is 0 Å². The zero-order valence-electron chi connectivity index (χ0n) is 10.5. The van der Waals surface area contributed by atoms with Crippen LogP contribution in [0.15, 0.2) is 12.1 Å². The van der Waals surface area contributed by atoms with Crippen LogP contribution in [0.3, 0.4) is 0 Å². The fraction of sp³-hybridized carbons (Fsp3) is 0.455. The standard InChI is InChI=1S/C11H15Cl3NO3P/c1-3-17-19(16,18-4-2)11(15)8-5-7(12)6-9(13)10(8)14/h5-6,11H,3-4,15H2,1-2H3/t11-/m0/s1. The van der Waals surface area contributed by atoms with Crippen molar-refractivity contribution >= 4 is 42.4 Å². The van der Waals surface area contributed by atoms with Crippen molar-refractivity contribution in [2.75, 3.05) is 13.2 Å². The number of rotatable bonds is 6. The smallest absolute Gasteiger partial charge is 0.314 e. The largest absolute Gasteiger partial charge is 0.351 e. The Morgan fingerprint density at radius 1 is 1.21 bits per heavy atom. The predicted octanol–water partition coefficient (Wildman–Crippen LogP) is 4.87. The molecule has 1 atom stereocenters. The summed E-state index contributed by atoms with van der Waals surface area (Å²) in [6.07, 6.45) is 0. The molecule has 0 spiro atoms. The second-order valence-electron chi connectivity index (χ2n) is 3.61. The second kappa shape index (κ2) is 7.28. The highest BCUT2D eigenvalue weighted by Gasteiger charge is 2.35. The molecule has 0 aromatic heterocycles. The van der Waals surface area contributed by atoms with Crippen LogP contribution in [0.5, 0.6) is 0 Å². The first-order chi connectivity index (χ1) is 8.85. The van der Waals surface area contributed by atoms with E-state index >= 15 is 0 Å². The summed E-state index contributed by atoms with van der Waals surface area (Å²) in [6.45, 7) is 3.81. The van der Waals surface area contributed by atoms with Gasteiger partial charge in [-0.1, -0.05) is 34.8 Å². The first kappa shape index (κ1) is 17.3. The normalized spacial score (nSPS) is 13.6. The summed E-state index contributed by atoms with van der Waals surface area (Å²) in [5.41, 5.74) is 6.31. The number of nitrogens with two attached hydrogens (primary N) is 1. The van der Waals surface area contributed by atoms with Gasteiger partial charge in [-0.05, 0) is 26.0 Å². The van der Waals surface area contributed by atoms with E-state index in [0.717, 1.165) is 0 Å². The molecule has 2 N–H and O–H groups in total. The molecular weight excluding hydrogens is 331 g/mol. The summed E-state index contributed by atoms with van der Waals surface area (Å²) >= 11 is 17.9. The van der Waals surface area contributed by atoms with Gasteiger partial charge in [0.1, 0.15) is 5.78 Å². The molecule has 108 valence electrons. The van der Waals surface area contributed by atoms with Crippen molar-refractivity contribution in [3.05, 3.63) is 32.8 Å². The molecule has 0 aliphatic rings. The van der Waals surface area contributed by atoms with Crippen molar-refractivity contribution < 1.29 is 13.6 Å². The minimum atomic E-state index is -3.52. The third kappa shape index (κ3) is 4.08. The molecule has 1 aromatic carbocycles. The van der Waals surface area contributed by atoms with Crippen LogP contribution in [-0.4, -0.2) is 13.2 Å². The van der Waals surface area contributed by atoms with E-state index in [4.69, 9.17) is 49.6 Å². The molecule has 0 radical (unpaired) electrons. The SMILES string of the molecule is CCOP(=O)(OCC)[C@H](N)c1cc(Cl)cc(Cl)c1Cl. The Bertz CT molecular complexity index is 488. The van der Waals surface area contributed by atoms with Gasteiger partial charge >= 0.3 is 7.60 Å². The Morgan fingerprint density at radius 2 is 1.74 bits per heavy atom. The van der Waals surface area contributed by atoms with Crippen LogP contribution >= 0.6 is 42.4 Å². The Hall–Kier alpha value is 0.200. The van der Waals surface area contributed by atoms with Crippen molar-refractivity contribution in [2.24, 2.45) is 5.73 Å². The lowest BCUT2D eigenvalue weighted by molar-refractivity contribution is 0.212. The van der Waals surface area contributed by atoms with E-state index in [9.17, 15) is 4.57 Å². The van der Waals surface area contributed by atoms with Gasteiger partial charge in [0.05, 0.1) is 23.3 Å². The number of benzene rings is 1. The number of hydrogen-bond acceptors (Lipinski definition) is 4.